The van der Waals surface area contributed by atoms with Gasteiger partial charge in [-0.05, 0) is 91.8 Å². The Hall–Kier alpha value is -4.21. The second kappa shape index (κ2) is 12.0. The summed E-state index contributed by atoms with van der Waals surface area (Å²) in [7, 11) is 0. The Balaban J connectivity index is 1.32. The lowest BCUT2D eigenvalue weighted by Gasteiger charge is -2.50. The van der Waals surface area contributed by atoms with Crippen molar-refractivity contribution < 1.29 is 28.7 Å². The van der Waals surface area contributed by atoms with E-state index in [0.717, 1.165) is 42.7 Å². The van der Waals surface area contributed by atoms with Gasteiger partial charge in [-0.15, -0.1) is 0 Å². The van der Waals surface area contributed by atoms with E-state index in [9.17, 15) is 23.9 Å². The van der Waals surface area contributed by atoms with Crippen LogP contribution in [-0.4, -0.2) is 44.7 Å². The van der Waals surface area contributed by atoms with E-state index in [1.54, 1.807) is 36.4 Å². The van der Waals surface area contributed by atoms with Crippen LogP contribution in [-0.2, 0) is 24.6 Å². The fraction of sp³-hybridized carbons (Fsp3) is 0.368. The zero-order valence-corrected chi connectivity index (χ0v) is 28.0. The maximum Gasteiger partial charge on any atom is 0.260 e. The summed E-state index contributed by atoms with van der Waals surface area (Å²) < 4.78 is 13.8. The van der Waals surface area contributed by atoms with Gasteiger partial charge >= 0.3 is 0 Å². The Bertz CT molecular complexity index is 1910. The molecule has 4 amide bonds. The number of hydrazine groups is 1. The Morgan fingerprint density at radius 3 is 2.22 bits per heavy atom. The predicted octanol–water partition coefficient (Wildman–Crippen LogP) is 7.16. The van der Waals surface area contributed by atoms with Crippen LogP contribution in [0.15, 0.2) is 78.4 Å². The third kappa shape index (κ3) is 4.83. The number of imide groups is 2. The minimum atomic E-state index is -1.60. The molecule has 6 unspecified atom stereocenters. The highest BCUT2D eigenvalue weighted by molar-refractivity contribution is 6.31. The highest BCUT2D eigenvalue weighted by Gasteiger charge is 2.70. The lowest BCUT2D eigenvalue weighted by atomic mass is 9.49. The molecule has 4 fully saturated rings. The second-order valence-corrected chi connectivity index (χ2v) is 14.8. The van der Waals surface area contributed by atoms with Crippen LogP contribution in [0.5, 0.6) is 5.75 Å². The maximum atomic E-state index is 15.2. The van der Waals surface area contributed by atoms with Gasteiger partial charge in [0.25, 0.3) is 11.8 Å². The van der Waals surface area contributed by atoms with Crippen molar-refractivity contribution in [1.82, 2.24) is 9.91 Å². The third-order valence-corrected chi connectivity index (χ3v) is 12.0. The quantitative estimate of drug-likeness (QED) is 0.216. The molecule has 11 heteroatoms. The molecular formula is C38H34Cl2FN3O5. The molecule has 2 saturated carbocycles. The van der Waals surface area contributed by atoms with Gasteiger partial charge in [-0.25, -0.2) is 4.39 Å². The highest BCUT2D eigenvalue weighted by atomic mass is 35.5. The molecule has 5 aliphatic rings. The second-order valence-electron chi connectivity index (χ2n) is 13.9. The number of allylic oxidation sites excluding steroid dienone is 2. The lowest BCUT2D eigenvalue weighted by molar-refractivity contribution is -0.144. The van der Waals surface area contributed by atoms with Crippen molar-refractivity contribution in [3.63, 3.8) is 0 Å². The summed E-state index contributed by atoms with van der Waals surface area (Å²) in [5.74, 6) is -5.85. The topological polar surface area (TPSA) is 107 Å². The number of carbonyl (C=O) groups is 4. The number of amides is 4. The number of nitrogens with zero attached hydrogens (tertiary/aromatic N) is 2. The molecular weight excluding hydrogens is 668 g/mol. The molecule has 8 nitrogen and oxygen atoms in total. The summed E-state index contributed by atoms with van der Waals surface area (Å²) >= 11 is 12.9. The first-order valence-electron chi connectivity index (χ1n) is 16.8. The molecule has 2 heterocycles. The Labute approximate surface area is 292 Å². The normalized spacial score (nSPS) is 29.9. The number of hydrogen-bond acceptors (Lipinski definition) is 6. The first-order valence-corrected chi connectivity index (χ1v) is 17.6. The Morgan fingerprint density at radius 1 is 0.816 bits per heavy atom. The smallest absolute Gasteiger partial charge is 0.260 e. The van der Waals surface area contributed by atoms with Gasteiger partial charge in [-0.2, -0.15) is 5.01 Å². The molecule has 252 valence electrons. The van der Waals surface area contributed by atoms with Gasteiger partial charge in [0.15, 0.2) is 0 Å². The summed E-state index contributed by atoms with van der Waals surface area (Å²) in [5, 5.41) is 13.2. The van der Waals surface area contributed by atoms with E-state index in [1.165, 1.54) is 35.2 Å². The van der Waals surface area contributed by atoms with Gasteiger partial charge < -0.3 is 5.11 Å². The van der Waals surface area contributed by atoms with E-state index < -0.39 is 52.6 Å². The van der Waals surface area contributed by atoms with Crippen LogP contribution in [0.3, 0.4) is 0 Å². The molecule has 2 aliphatic heterocycles. The molecule has 3 aromatic carbocycles. The fourth-order valence-corrected chi connectivity index (χ4v) is 9.79. The van der Waals surface area contributed by atoms with E-state index in [1.807, 2.05) is 6.08 Å². The molecule has 0 spiro atoms. The summed E-state index contributed by atoms with van der Waals surface area (Å²) in [5.41, 5.74) is 3.23. The van der Waals surface area contributed by atoms with Crippen molar-refractivity contribution in [2.24, 2.45) is 23.7 Å². The van der Waals surface area contributed by atoms with Gasteiger partial charge in [0, 0.05) is 27.6 Å². The summed E-state index contributed by atoms with van der Waals surface area (Å²) in [6.07, 6.45) is 6.92. The zero-order chi connectivity index (χ0) is 34.2. The van der Waals surface area contributed by atoms with E-state index in [0.29, 0.717) is 33.3 Å². The number of aromatic hydroxyl groups is 1. The molecule has 3 aromatic rings. The van der Waals surface area contributed by atoms with Crippen LogP contribution in [0.25, 0.3) is 0 Å². The summed E-state index contributed by atoms with van der Waals surface area (Å²) in [6.45, 7) is 0. The van der Waals surface area contributed by atoms with E-state index in [2.05, 4.69) is 5.43 Å². The van der Waals surface area contributed by atoms with Crippen LogP contribution >= 0.6 is 23.2 Å². The molecule has 0 radical (unpaired) electrons. The van der Waals surface area contributed by atoms with E-state index in [4.69, 9.17) is 23.2 Å². The van der Waals surface area contributed by atoms with Crippen molar-refractivity contribution in [1.29, 1.82) is 0 Å². The number of benzene rings is 3. The third-order valence-electron chi connectivity index (χ3n) is 11.5. The molecule has 6 atom stereocenters. The Morgan fingerprint density at radius 2 is 1.51 bits per heavy atom. The van der Waals surface area contributed by atoms with Crippen LogP contribution in [0, 0.1) is 29.5 Å². The van der Waals surface area contributed by atoms with Gasteiger partial charge in [0.2, 0.25) is 11.8 Å². The van der Waals surface area contributed by atoms with E-state index in [-0.39, 0.29) is 30.0 Å². The summed E-state index contributed by atoms with van der Waals surface area (Å²) in [4.78, 5) is 59.7. The van der Waals surface area contributed by atoms with Gasteiger partial charge in [-0.3, -0.25) is 29.5 Å². The van der Waals surface area contributed by atoms with Gasteiger partial charge in [0.05, 0.1) is 28.9 Å². The average molecular weight is 703 g/mol. The number of hydrogen-bond donors (Lipinski definition) is 2. The first-order chi connectivity index (χ1) is 23.6. The monoisotopic (exact) mass is 701 g/mol. The molecule has 49 heavy (non-hydrogen) atoms. The van der Waals surface area contributed by atoms with Crippen molar-refractivity contribution in [2.75, 3.05) is 5.43 Å². The molecule has 8 rings (SSSR count). The molecule has 2 saturated heterocycles. The fourth-order valence-electron chi connectivity index (χ4n) is 9.48. The maximum absolute atomic E-state index is 15.2. The summed E-state index contributed by atoms with van der Waals surface area (Å²) in [6, 6.07) is 16.5. The number of rotatable bonds is 5. The van der Waals surface area contributed by atoms with Crippen molar-refractivity contribution in [2.45, 2.75) is 62.3 Å². The number of phenolic OH excluding ortho intramolecular Hbond substituents is 1. The molecule has 3 aliphatic carbocycles. The predicted molar refractivity (Wildman–Crippen MR) is 181 cm³/mol. The van der Waals surface area contributed by atoms with Crippen molar-refractivity contribution >= 4 is 52.5 Å². The number of anilines is 1. The number of phenols is 1. The number of fused-ring (bicyclic) bond motifs is 4. The van der Waals surface area contributed by atoms with Crippen LogP contribution < -0.4 is 5.43 Å². The molecule has 0 aromatic heterocycles. The molecule has 0 bridgehead atoms. The molecule has 2 N–H and O–H groups in total. The van der Waals surface area contributed by atoms with E-state index >= 15 is 4.79 Å². The van der Waals surface area contributed by atoms with Crippen LogP contribution in [0.1, 0.15) is 62.0 Å². The minimum Gasteiger partial charge on any atom is -0.508 e. The lowest BCUT2D eigenvalue weighted by Crippen LogP contribution is -2.53. The largest absolute Gasteiger partial charge is 0.508 e. The van der Waals surface area contributed by atoms with Crippen LogP contribution in [0.4, 0.5) is 10.1 Å². The Kier molecular flexibility index (Phi) is 7.83. The number of likely N-dealkylation sites (tertiary alicyclic amines) is 1. The number of carbonyl (C=O) groups excluding carboxylic acids is 4. The standard InChI is InChI=1S/C38H34Cl2FN3O5/c39-21-8-6-20(7-9-21)38-30(35(47)44(37(38)49)42-24-13-11-23(41)12-14-24)19-28-26(33(38)29-18-22(40)10-17-31(29)45)15-16-27-32(28)36(48)43(34(27)46)25-4-2-1-3-5-25/h6-15,17-18,25,27-28,30,32-33,42,45H,1-5,16,19H2. The average Bonchev–Trinajstić information content (AvgIpc) is 3.48. The van der Waals surface area contributed by atoms with Crippen molar-refractivity contribution in [3.05, 3.63) is 105 Å². The zero-order valence-electron chi connectivity index (χ0n) is 26.5. The van der Waals surface area contributed by atoms with Crippen molar-refractivity contribution in [3.8, 4) is 5.75 Å². The number of halogens is 3. The van der Waals surface area contributed by atoms with Crippen LogP contribution in [0.2, 0.25) is 10.0 Å². The van der Waals surface area contributed by atoms with Gasteiger partial charge in [0.1, 0.15) is 11.6 Å². The van der Waals surface area contributed by atoms with Gasteiger partial charge in [-0.1, -0.05) is 66.2 Å². The number of nitrogens with one attached hydrogen (secondary N) is 1. The SMILES string of the molecule is O=C1C2CC3C(=CCC4C(=O)N(C5CCCCC5)C(=O)C43)C(c3cc(Cl)ccc3O)C2(c2ccc(Cl)cc2)C(=O)N1Nc1ccc(F)cc1. The minimum absolute atomic E-state index is 0.118. The highest BCUT2D eigenvalue weighted by Crippen LogP contribution is 2.65. The first kappa shape index (κ1) is 32.0.